The molecule has 4 heteroatoms. The van der Waals surface area contributed by atoms with Crippen LogP contribution in [0.25, 0.3) is 0 Å². The average molecular weight is 202 g/mol. The van der Waals surface area contributed by atoms with E-state index in [-0.39, 0.29) is 11.9 Å². The maximum Gasteiger partial charge on any atom is 0.333 e. The van der Waals surface area contributed by atoms with E-state index in [1.54, 1.807) is 20.8 Å². The summed E-state index contributed by atoms with van der Waals surface area (Å²) in [5, 5.41) is 0. The number of hydrogen-bond acceptors (Lipinski definition) is 4. The van der Waals surface area contributed by atoms with E-state index < -0.39 is 0 Å². The average Bonchev–Trinajstić information content (AvgIpc) is 2.05. The van der Waals surface area contributed by atoms with Crippen molar-refractivity contribution < 1.29 is 19.1 Å². The highest BCUT2D eigenvalue weighted by molar-refractivity contribution is 5.86. The summed E-state index contributed by atoms with van der Waals surface area (Å²) in [4.78, 5) is 20.2. The predicted octanol–water partition coefficient (Wildman–Crippen LogP) is 1.70. The molecule has 0 saturated carbocycles. The maximum absolute atomic E-state index is 10.4. The van der Waals surface area contributed by atoms with Gasteiger partial charge in [0, 0.05) is 12.5 Å². The Hall–Kier alpha value is -1.32. The van der Waals surface area contributed by atoms with Gasteiger partial charge in [-0.3, -0.25) is 4.79 Å². The second-order valence-corrected chi connectivity index (χ2v) is 2.43. The molecule has 0 aromatic heterocycles. The van der Waals surface area contributed by atoms with Crippen LogP contribution < -0.4 is 0 Å². The fourth-order valence-corrected chi connectivity index (χ4v) is 0.458. The molecule has 0 amide bonds. The van der Waals surface area contributed by atoms with Crippen molar-refractivity contribution in [1.82, 2.24) is 0 Å². The summed E-state index contributed by atoms with van der Waals surface area (Å²) < 4.78 is 8.97. The van der Waals surface area contributed by atoms with E-state index >= 15 is 0 Å². The molecule has 82 valence electrons. The summed E-state index contributed by atoms with van der Waals surface area (Å²) in [6.07, 6.45) is 0. The zero-order valence-electron chi connectivity index (χ0n) is 9.25. The largest absolute Gasteiger partial charge is 0.466 e. The van der Waals surface area contributed by atoms with Gasteiger partial charge in [0.25, 0.3) is 0 Å². The smallest absolute Gasteiger partial charge is 0.333 e. The Morgan fingerprint density at radius 2 is 1.50 bits per heavy atom. The first-order chi connectivity index (χ1) is 6.45. The first kappa shape index (κ1) is 15.2. The van der Waals surface area contributed by atoms with Crippen molar-refractivity contribution in [3.8, 4) is 0 Å². The summed E-state index contributed by atoms with van der Waals surface area (Å²) in [6, 6.07) is 0. The molecule has 0 spiro atoms. The van der Waals surface area contributed by atoms with Gasteiger partial charge in [-0.1, -0.05) is 6.58 Å². The summed E-state index contributed by atoms with van der Waals surface area (Å²) in [7, 11) is 0. The van der Waals surface area contributed by atoms with Gasteiger partial charge in [0.1, 0.15) is 0 Å². The fraction of sp³-hybridized carbons (Fsp3) is 0.600. The third-order valence-electron chi connectivity index (χ3n) is 0.971. The van der Waals surface area contributed by atoms with Gasteiger partial charge in [0.05, 0.1) is 13.2 Å². The lowest BCUT2D eigenvalue weighted by atomic mass is 10.4. The van der Waals surface area contributed by atoms with Crippen LogP contribution in [0.15, 0.2) is 12.2 Å². The number of rotatable bonds is 3. The van der Waals surface area contributed by atoms with Gasteiger partial charge < -0.3 is 9.47 Å². The van der Waals surface area contributed by atoms with E-state index in [4.69, 9.17) is 0 Å². The van der Waals surface area contributed by atoms with Gasteiger partial charge in [-0.2, -0.15) is 0 Å². The summed E-state index contributed by atoms with van der Waals surface area (Å²) >= 11 is 0. The Labute approximate surface area is 84.9 Å². The molecule has 0 unspecified atom stereocenters. The molecule has 0 atom stereocenters. The number of carbonyl (C=O) groups excluding carboxylic acids is 2. The highest BCUT2D eigenvalue weighted by Gasteiger charge is 1.98. The minimum absolute atomic E-state index is 0.211. The molecular formula is C10H18O4. The molecular weight excluding hydrogens is 184 g/mol. The molecule has 4 nitrogen and oxygen atoms in total. The summed E-state index contributed by atoms with van der Waals surface area (Å²) in [5.41, 5.74) is 0.451. The second-order valence-electron chi connectivity index (χ2n) is 2.43. The molecule has 0 bridgehead atoms. The summed E-state index contributed by atoms with van der Waals surface area (Å²) in [5.74, 6) is -0.523. The third-order valence-corrected chi connectivity index (χ3v) is 0.971. The first-order valence-electron chi connectivity index (χ1n) is 4.41. The van der Waals surface area contributed by atoms with Crippen LogP contribution in [-0.2, 0) is 19.1 Å². The molecule has 0 aliphatic carbocycles. The van der Waals surface area contributed by atoms with Gasteiger partial charge in [-0.05, 0) is 20.8 Å². The zero-order valence-corrected chi connectivity index (χ0v) is 9.25. The lowest BCUT2D eigenvalue weighted by molar-refractivity contribution is -0.140. The Kier molecular flexibility index (Phi) is 10.6. The van der Waals surface area contributed by atoms with Crippen LogP contribution in [0.1, 0.15) is 27.7 Å². The van der Waals surface area contributed by atoms with E-state index in [2.05, 4.69) is 16.1 Å². The van der Waals surface area contributed by atoms with Crippen molar-refractivity contribution in [3.63, 3.8) is 0 Å². The van der Waals surface area contributed by atoms with Crippen LogP contribution in [0.5, 0.6) is 0 Å². The fourth-order valence-electron chi connectivity index (χ4n) is 0.458. The van der Waals surface area contributed by atoms with Crippen LogP contribution in [0.4, 0.5) is 0 Å². The third kappa shape index (κ3) is 13.3. The molecule has 0 aromatic rings. The minimum Gasteiger partial charge on any atom is -0.466 e. The molecule has 0 saturated heterocycles. The van der Waals surface area contributed by atoms with E-state index in [1.165, 1.54) is 6.92 Å². The van der Waals surface area contributed by atoms with Gasteiger partial charge >= 0.3 is 11.9 Å². The molecule has 0 rings (SSSR count). The Morgan fingerprint density at radius 3 is 1.57 bits per heavy atom. The Morgan fingerprint density at radius 1 is 1.07 bits per heavy atom. The normalized spacial score (nSPS) is 8.00. The van der Waals surface area contributed by atoms with Gasteiger partial charge in [0.2, 0.25) is 0 Å². The Bertz CT molecular complexity index is 196. The standard InChI is InChI=1S/C6H10O2.C4H8O2/c1-4-8-6(7)5(2)3;1-3-6-4(2)5/h2,4H2,1,3H3;3H2,1-2H3. The zero-order chi connectivity index (χ0) is 11.6. The van der Waals surface area contributed by atoms with Crippen LogP contribution in [0.2, 0.25) is 0 Å². The van der Waals surface area contributed by atoms with E-state index in [9.17, 15) is 9.59 Å². The van der Waals surface area contributed by atoms with Gasteiger partial charge in [0.15, 0.2) is 0 Å². The van der Waals surface area contributed by atoms with E-state index in [0.29, 0.717) is 18.8 Å². The van der Waals surface area contributed by atoms with Crippen LogP contribution in [0, 0.1) is 0 Å². The van der Waals surface area contributed by atoms with Crippen molar-refractivity contribution >= 4 is 11.9 Å². The summed E-state index contributed by atoms with van der Waals surface area (Å²) in [6.45, 7) is 10.9. The van der Waals surface area contributed by atoms with Gasteiger partial charge in [-0.25, -0.2) is 4.79 Å². The number of ether oxygens (including phenoxy) is 2. The van der Waals surface area contributed by atoms with Crippen molar-refractivity contribution in [3.05, 3.63) is 12.2 Å². The van der Waals surface area contributed by atoms with Crippen LogP contribution in [0.3, 0.4) is 0 Å². The highest BCUT2D eigenvalue weighted by atomic mass is 16.5. The van der Waals surface area contributed by atoms with Gasteiger partial charge in [-0.15, -0.1) is 0 Å². The number of carbonyl (C=O) groups is 2. The SMILES string of the molecule is C=C(C)C(=O)OCC.CCOC(C)=O. The molecule has 0 aromatic carbocycles. The molecule has 14 heavy (non-hydrogen) atoms. The van der Waals surface area contributed by atoms with Crippen LogP contribution in [-0.4, -0.2) is 25.2 Å². The molecule has 0 radical (unpaired) electrons. The van der Waals surface area contributed by atoms with Crippen molar-refractivity contribution in [1.29, 1.82) is 0 Å². The van der Waals surface area contributed by atoms with E-state index in [0.717, 1.165) is 0 Å². The Balaban J connectivity index is 0. The number of hydrogen-bond donors (Lipinski definition) is 0. The van der Waals surface area contributed by atoms with Crippen molar-refractivity contribution in [2.24, 2.45) is 0 Å². The van der Waals surface area contributed by atoms with E-state index in [1.807, 2.05) is 0 Å². The molecule has 0 N–H and O–H groups in total. The van der Waals surface area contributed by atoms with Crippen LogP contribution >= 0.6 is 0 Å². The molecule has 0 aliphatic heterocycles. The maximum atomic E-state index is 10.4. The number of esters is 2. The molecule has 0 heterocycles. The predicted molar refractivity (Wildman–Crippen MR) is 53.8 cm³/mol. The lowest BCUT2D eigenvalue weighted by Crippen LogP contribution is -2.03. The minimum atomic E-state index is -0.312. The lowest BCUT2D eigenvalue weighted by Gasteiger charge is -1.96. The monoisotopic (exact) mass is 202 g/mol. The highest BCUT2D eigenvalue weighted by Crippen LogP contribution is 1.89. The quantitative estimate of drug-likeness (QED) is 0.516. The first-order valence-corrected chi connectivity index (χ1v) is 4.41. The van der Waals surface area contributed by atoms with Crippen molar-refractivity contribution in [2.45, 2.75) is 27.7 Å². The second kappa shape index (κ2) is 9.77. The molecule has 0 fully saturated rings. The topological polar surface area (TPSA) is 52.6 Å². The van der Waals surface area contributed by atoms with Crippen molar-refractivity contribution in [2.75, 3.05) is 13.2 Å². The molecule has 0 aliphatic rings.